The molecule has 0 radical (unpaired) electrons. The first kappa shape index (κ1) is 21.6. The average Bonchev–Trinajstić information content (AvgIpc) is 3.22. The van der Waals surface area contributed by atoms with Gasteiger partial charge in [-0.05, 0) is 30.3 Å². The van der Waals surface area contributed by atoms with Gasteiger partial charge < -0.3 is 14.5 Å². The van der Waals surface area contributed by atoms with Crippen molar-refractivity contribution in [2.24, 2.45) is 0 Å². The predicted molar refractivity (Wildman–Crippen MR) is 115 cm³/mol. The summed E-state index contributed by atoms with van der Waals surface area (Å²) in [7, 11) is 0.728. The molecule has 158 valence electrons. The van der Waals surface area contributed by atoms with Crippen LogP contribution in [0.2, 0.25) is 0 Å². The highest BCUT2D eigenvalue weighted by molar-refractivity contribution is 7.89. The van der Waals surface area contributed by atoms with Gasteiger partial charge in [0.25, 0.3) is 0 Å². The monoisotopic (exact) mass is 428 g/mol. The number of carbonyl (C=O) groups excluding carboxylic acids is 1. The lowest BCUT2D eigenvalue weighted by atomic mass is 10.2. The molecule has 7 nitrogen and oxygen atoms in total. The van der Waals surface area contributed by atoms with Gasteiger partial charge >= 0.3 is 0 Å². The van der Waals surface area contributed by atoms with E-state index in [4.69, 9.17) is 9.15 Å². The van der Waals surface area contributed by atoms with E-state index in [9.17, 15) is 13.2 Å². The molecule has 0 atom stereocenters. The summed E-state index contributed by atoms with van der Waals surface area (Å²) in [5.74, 6) is 1.55. The zero-order valence-electron chi connectivity index (χ0n) is 17.1. The Bertz CT molecular complexity index is 1120. The first-order chi connectivity index (χ1) is 14.3. The van der Waals surface area contributed by atoms with Gasteiger partial charge in [-0.2, -0.15) is 0 Å². The largest absolute Gasteiger partial charge is 0.495 e. The molecule has 1 aromatic heterocycles. The Kier molecular flexibility index (Phi) is 6.59. The lowest BCUT2D eigenvalue weighted by Crippen LogP contribution is -2.22. The SMILES string of the molecule is COc1ccc(S(=O)(=O)N(C)C)cc1NC(=O)CCc1ccc(-c2ccccc2)o1. The second kappa shape index (κ2) is 9.15. The Morgan fingerprint density at radius 3 is 2.47 bits per heavy atom. The molecule has 0 unspecified atom stereocenters. The number of hydrogen-bond acceptors (Lipinski definition) is 5. The van der Waals surface area contributed by atoms with Crippen molar-refractivity contribution in [2.45, 2.75) is 17.7 Å². The summed E-state index contributed by atoms with van der Waals surface area (Å²) < 4.78 is 36.9. The van der Waals surface area contributed by atoms with Crippen LogP contribution in [0.5, 0.6) is 5.75 Å². The van der Waals surface area contributed by atoms with Gasteiger partial charge in [0.15, 0.2) is 0 Å². The zero-order chi connectivity index (χ0) is 21.7. The summed E-state index contributed by atoms with van der Waals surface area (Å²) in [6.07, 6.45) is 0.590. The fraction of sp³-hybridized carbons (Fsp3) is 0.227. The van der Waals surface area contributed by atoms with Crippen molar-refractivity contribution < 1.29 is 22.4 Å². The van der Waals surface area contributed by atoms with E-state index in [1.165, 1.54) is 39.4 Å². The van der Waals surface area contributed by atoms with E-state index in [0.717, 1.165) is 15.6 Å². The third-order valence-corrected chi connectivity index (χ3v) is 6.35. The molecule has 0 aliphatic carbocycles. The highest BCUT2D eigenvalue weighted by Gasteiger charge is 2.20. The molecule has 1 heterocycles. The van der Waals surface area contributed by atoms with E-state index in [2.05, 4.69) is 5.32 Å². The number of rotatable bonds is 8. The van der Waals surface area contributed by atoms with E-state index in [-0.39, 0.29) is 17.2 Å². The van der Waals surface area contributed by atoms with Gasteiger partial charge in [0, 0.05) is 32.5 Å². The van der Waals surface area contributed by atoms with Gasteiger partial charge in [0.1, 0.15) is 17.3 Å². The number of hydrogen-bond donors (Lipinski definition) is 1. The third kappa shape index (κ3) is 4.90. The van der Waals surface area contributed by atoms with Crippen molar-refractivity contribution >= 4 is 21.6 Å². The standard InChI is InChI=1S/C22H24N2O5S/c1-24(2)30(26,27)18-11-13-21(28-3)19(15-18)23-22(25)14-10-17-9-12-20(29-17)16-7-5-4-6-8-16/h4-9,11-13,15H,10,14H2,1-3H3,(H,23,25). The van der Waals surface area contributed by atoms with Gasteiger partial charge in [-0.15, -0.1) is 0 Å². The molecule has 8 heteroatoms. The molecule has 0 fully saturated rings. The van der Waals surface area contributed by atoms with Gasteiger partial charge in [0.2, 0.25) is 15.9 Å². The summed E-state index contributed by atoms with van der Waals surface area (Å²) in [4.78, 5) is 12.5. The van der Waals surface area contributed by atoms with Crippen molar-refractivity contribution in [1.29, 1.82) is 0 Å². The third-order valence-electron chi connectivity index (χ3n) is 4.54. The lowest BCUT2D eigenvalue weighted by Gasteiger charge is -2.15. The first-order valence-electron chi connectivity index (χ1n) is 9.36. The van der Waals surface area contributed by atoms with Crippen molar-refractivity contribution in [3.8, 4) is 17.1 Å². The number of carbonyl (C=O) groups is 1. The second-order valence-electron chi connectivity index (χ2n) is 6.83. The van der Waals surface area contributed by atoms with Crippen LogP contribution in [0.1, 0.15) is 12.2 Å². The maximum absolute atomic E-state index is 12.5. The maximum atomic E-state index is 12.5. The van der Waals surface area contributed by atoms with Crippen LogP contribution in [-0.4, -0.2) is 39.8 Å². The Balaban J connectivity index is 1.68. The number of aryl methyl sites for hydroxylation is 1. The number of benzene rings is 2. The highest BCUT2D eigenvalue weighted by Crippen LogP contribution is 2.29. The van der Waals surface area contributed by atoms with E-state index in [1.807, 2.05) is 42.5 Å². The molecule has 0 spiro atoms. The number of furan rings is 1. The fourth-order valence-corrected chi connectivity index (χ4v) is 3.80. The molecule has 0 aliphatic rings. The Hall–Kier alpha value is -3.10. The number of nitrogens with one attached hydrogen (secondary N) is 1. The van der Waals surface area contributed by atoms with Gasteiger partial charge in [-0.1, -0.05) is 30.3 Å². The van der Waals surface area contributed by atoms with Crippen LogP contribution < -0.4 is 10.1 Å². The minimum absolute atomic E-state index is 0.0714. The predicted octanol–water partition coefficient (Wildman–Crippen LogP) is 3.78. The molecule has 3 rings (SSSR count). The van der Waals surface area contributed by atoms with Crippen LogP contribution in [0.4, 0.5) is 5.69 Å². The molecular weight excluding hydrogens is 404 g/mol. The molecule has 0 aliphatic heterocycles. The number of methoxy groups -OCH3 is 1. The van der Waals surface area contributed by atoms with Gasteiger partial charge in [-0.25, -0.2) is 12.7 Å². The number of ether oxygens (including phenoxy) is 1. The van der Waals surface area contributed by atoms with Gasteiger partial charge in [0.05, 0.1) is 17.7 Å². The van der Waals surface area contributed by atoms with E-state index >= 15 is 0 Å². The fourth-order valence-electron chi connectivity index (χ4n) is 2.88. The van der Waals surface area contributed by atoms with Crippen LogP contribution in [0, 0.1) is 0 Å². The van der Waals surface area contributed by atoms with E-state index in [0.29, 0.717) is 23.6 Å². The van der Waals surface area contributed by atoms with Crippen LogP contribution in [0.25, 0.3) is 11.3 Å². The smallest absolute Gasteiger partial charge is 0.242 e. The molecule has 2 aromatic carbocycles. The maximum Gasteiger partial charge on any atom is 0.242 e. The minimum Gasteiger partial charge on any atom is -0.495 e. The number of anilines is 1. The molecule has 0 saturated carbocycles. The lowest BCUT2D eigenvalue weighted by molar-refractivity contribution is -0.116. The minimum atomic E-state index is -3.63. The van der Waals surface area contributed by atoms with Gasteiger partial charge in [-0.3, -0.25) is 4.79 Å². The molecule has 0 bridgehead atoms. The number of amides is 1. The number of sulfonamides is 1. The molecular formula is C22H24N2O5S. The summed E-state index contributed by atoms with van der Waals surface area (Å²) in [6, 6.07) is 17.8. The second-order valence-corrected chi connectivity index (χ2v) is 8.98. The molecule has 3 aromatic rings. The summed E-state index contributed by atoms with van der Waals surface area (Å²) in [5.41, 5.74) is 1.27. The summed E-state index contributed by atoms with van der Waals surface area (Å²) in [6.45, 7) is 0. The van der Waals surface area contributed by atoms with E-state index < -0.39 is 10.0 Å². The topological polar surface area (TPSA) is 88.9 Å². The highest BCUT2D eigenvalue weighted by atomic mass is 32.2. The Morgan fingerprint density at radius 1 is 1.07 bits per heavy atom. The Morgan fingerprint density at radius 2 is 1.80 bits per heavy atom. The van der Waals surface area contributed by atoms with Crippen LogP contribution in [0.15, 0.2) is 70.0 Å². The first-order valence-corrected chi connectivity index (χ1v) is 10.8. The quantitative estimate of drug-likeness (QED) is 0.590. The molecule has 1 amide bonds. The van der Waals surface area contributed by atoms with Crippen molar-refractivity contribution in [3.05, 3.63) is 66.4 Å². The normalized spacial score (nSPS) is 11.5. The van der Waals surface area contributed by atoms with Crippen molar-refractivity contribution in [1.82, 2.24) is 4.31 Å². The molecule has 30 heavy (non-hydrogen) atoms. The summed E-state index contributed by atoms with van der Waals surface area (Å²) in [5, 5.41) is 2.73. The molecule has 1 N–H and O–H groups in total. The van der Waals surface area contributed by atoms with Crippen LogP contribution in [0.3, 0.4) is 0 Å². The van der Waals surface area contributed by atoms with Crippen LogP contribution in [-0.2, 0) is 21.2 Å². The number of nitrogens with zero attached hydrogens (tertiary/aromatic N) is 1. The Labute approximate surface area is 176 Å². The summed E-state index contributed by atoms with van der Waals surface area (Å²) >= 11 is 0. The average molecular weight is 429 g/mol. The zero-order valence-corrected chi connectivity index (χ0v) is 17.9. The molecule has 0 saturated heterocycles. The van der Waals surface area contributed by atoms with E-state index in [1.54, 1.807) is 0 Å². The van der Waals surface area contributed by atoms with Crippen molar-refractivity contribution in [3.63, 3.8) is 0 Å². The van der Waals surface area contributed by atoms with Crippen LogP contribution >= 0.6 is 0 Å². The van der Waals surface area contributed by atoms with Crippen molar-refractivity contribution in [2.75, 3.05) is 26.5 Å².